The van der Waals surface area contributed by atoms with Gasteiger partial charge in [-0.15, -0.1) is 0 Å². The number of anilines is 2. The van der Waals surface area contributed by atoms with Gasteiger partial charge in [-0.3, -0.25) is 14.4 Å². The van der Waals surface area contributed by atoms with Gasteiger partial charge in [0.15, 0.2) is 6.29 Å². The lowest BCUT2D eigenvalue weighted by Crippen LogP contribution is -2.56. The Morgan fingerprint density at radius 2 is 1.62 bits per heavy atom. The number of fused-ring (bicyclic) bond motifs is 2. The van der Waals surface area contributed by atoms with Gasteiger partial charge >= 0.3 is 0 Å². The van der Waals surface area contributed by atoms with Crippen LogP contribution in [0.3, 0.4) is 0 Å². The molecule has 2 aliphatic rings. The molecule has 0 aromatic heterocycles. The van der Waals surface area contributed by atoms with Crippen LogP contribution in [-0.4, -0.2) is 53.9 Å². The number of ether oxygens (including phenoxy) is 1. The predicted molar refractivity (Wildman–Crippen MR) is 155 cm³/mol. The van der Waals surface area contributed by atoms with Gasteiger partial charge in [-0.2, -0.15) is 0 Å². The molecule has 1 saturated heterocycles. The van der Waals surface area contributed by atoms with Crippen molar-refractivity contribution in [1.82, 2.24) is 16.0 Å². The fourth-order valence-electron chi connectivity index (χ4n) is 4.91. The molecular weight excluding hydrogens is 528 g/mol. The Balaban J connectivity index is 1.39. The van der Waals surface area contributed by atoms with Gasteiger partial charge in [0.25, 0.3) is 0 Å². The van der Waals surface area contributed by atoms with E-state index >= 15 is 0 Å². The number of aliphatic hydroxyl groups is 1. The molecule has 2 aromatic carbocycles. The van der Waals surface area contributed by atoms with E-state index in [-0.39, 0.29) is 30.1 Å². The fraction of sp³-hybridized carbons (Fsp3) is 0.500. The molecule has 216 valence electrons. The van der Waals surface area contributed by atoms with E-state index in [4.69, 9.17) is 4.74 Å². The van der Waals surface area contributed by atoms with Crippen molar-refractivity contribution in [2.75, 3.05) is 11.9 Å². The number of nitrogens with one attached hydrogen (secondary N) is 4. The highest BCUT2D eigenvalue weighted by Gasteiger charge is 2.32. The van der Waals surface area contributed by atoms with E-state index in [1.807, 2.05) is 64.1 Å². The van der Waals surface area contributed by atoms with E-state index in [0.717, 1.165) is 26.7 Å². The molecule has 1 unspecified atom stereocenters. The third-order valence-electron chi connectivity index (χ3n) is 6.87. The summed E-state index contributed by atoms with van der Waals surface area (Å²) in [5, 5.41) is 21.9. The van der Waals surface area contributed by atoms with Crippen molar-refractivity contribution in [3.63, 3.8) is 0 Å². The second-order valence-corrected chi connectivity index (χ2v) is 12.4. The molecule has 4 atom stereocenters. The largest absolute Gasteiger partial charge is 0.366 e. The zero-order chi connectivity index (χ0) is 28.8. The van der Waals surface area contributed by atoms with E-state index in [1.165, 1.54) is 0 Å². The summed E-state index contributed by atoms with van der Waals surface area (Å²) in [6.45, 7) is 8.27. The first-order valence-electron chi connectivity index (χ1n) is 14.0. The number of amides is 3. The molecule has 0 spiro atoms. The molecule has 5 N–H and O–H groups in total. The van der Waals surface area contributed by atoms with Crippen molar-refractivity contribution >= 4 is 40.9 Å². The van der Waals surface area contributed by atoms with Crippen LogP contribution >= 0.6 is 11.8 Å². The molecule has 0 saturated carbocycles. The summed E-state index contributed by atoms with van der Waals surface area (Å²) in [6.07, 6.45) is 0.428. The Hall–Kier alpha value is -3.08. The highest BCUT2D eigenvalue weighted by Crippen LogP contribution is 2.44. The van der Waals surface area contributed by atoms with Crippen molar-refractivity contribution in [3.05, 3.63) is 48.0 Å². The molecule has 4 rings (SSSR count). The summed E-state index contributed by atoms with van der Waals surface area (Å²) >= 11 is 1.68. The first-order valence-corrected chi connectivity index (χ1v) is 14.8. The minimum absolute atomic E-state index is 0.124. The molecule has 2 heterocycles. The molecule has 0 aliphatic carbocycles. The highest BCUT2D eigenvalue weighted by atomic mass is 32.2. The van der Waals surface area contributed by atoms with Crippen molar-refractivity contribution in [1.29, 1.82) is 0 Å². The number of hydrogen-bond acceptors (Lipinski definition) is 7. The predicted octanol–water partition coefficient (Wildman–Crippen LogP) is 3.72. The molecule has 0 bridgehead atoms. The molecule has 2 aliphatic heterocycles. The zero-order valence-electron chi connectivity index (χ0n) is 23.5. The lowest BCUT2D eigenvalue weighted by molar-refractivity contribution is -0.134. The van der Waals surface area contributed by atoms with Crippen LogP contribution in [0.4, 0.5) is 11.4 Å². The van der Waals surface area contributed by atoms with Gasteiger partial charge in [-0.25, -0.2) is 0 Å². The van der Waals surface area contributed by atoms with Crippen LogP contribution in [0.15, 0.2) is 52.3 Å². The number of benzene rings is 2. The minimum atomic E-state index is -1.06. The second kappa shape index (κ2) is 13.5. The Labute approximate surface area is 240 Å². The molecule has 2 aromatic rings. The van der Waals surface area contributed by atoms with Crippen LogP contribution in [0.25, 0.3) is 0 Å². The monoisotopic (exact) mass is 568 g/mol. The number of aliphatic hydroxyl groups excluding tert-OH is 1. The van der Waals surface area contributed by atoms with Crippen LogP contribution in [0.1, 0.15) is 52.5 Å². The molecule has 10 heteroatoms. The number of carbonyl (C=O) groups excluding carboxylic acids is 3. The maximum atomic E-state index is 13.4. The highest BCUT2D eigenvalue weighted by molar-refractivity contribution is 7.99. The summed E-state index contributed by atoms with van der Waals surface area (Å²) in [6, 6.07) is 11.9. The van der Waals surface area contributed by atoms with Crippen molar-refractivity contribution in [2.24, 2.45) is 11.8 Å². The number of rotatable bonds is 11. The number of hydrogen-bond donors (Lipinski definition) is 5. The van der Waals surface area contributed by atoms with Crippen LogP contribution < -0.4 is 21.3 Å². The topological polar surface area (TPSA) is 129 Å². The maximum Gasteiger partial charge on any atom is 0.243 e. The van der Waals surface area contributed by atoms with Gasteiger partial charge in [-0.05, 0) is 60.9 Å². The first-order chi connectivity index (χ1) is 19.1. The first kappa shape index (κ1) is 29.9. The molecule has 9 nitrogen and oxygen atoms in total. The minimum Gasteiger partial charge on any atom is -0.366 e. The third kappa shape index (κ3) is 7.99. The molecule has 3 amide bonds. The van der Waals surface area contributed by atoms with Gasteiger partial charge in [-0.1, -0.05) is 57.7 Å². The van der Waals surface area contributed by atoms with Crippen molar-refractivity contribution in [3.8, 4) is 0 Å². The molecule has 0 radical (unpaired) electrons. The quantitative estimate of drug-likeness (QED) is 0.238. The van der Waals surface area contributed by atoms with Gasteiger partial charge in [0.2, 0.25) is 17.7 Å². The Morgan fingerprint density at radius 1 is 0.950 bits per heavy atom. The number of carbonyl (C=O) groups is 3. The molecular formula is C30H40N4O5S. The second-order valence-electron chi connectivity index (χ2n) is 11.3. The van der Waals surface area contributed by atoms with Crippen LogP contribution in [-0.2, 0) is 25.5 Å². The lowest BCUT2D eigenvalue weighted by atomic mass is 9.99. The Kier molecular flexibility index (Phi) is 10.1. The van der Waals surface area contributed by atoms with Crippen LogP contribution in [0.2, 0.25) is 0 Å². The van der Waals surface area contributed by atoms with Crippen LogP contribution in [0, 0.1) is 11.8 Å². The summed E-state index contributed by atoms with van der Waals surface area (Å²) < 4.78 is 5.13. The number of para-hydroxylation sites is 1. The summed E-state index contributed by atoms with van der Waals surface area (Å²) in [5.41, 5.74) is 2.82. The van der Waals surface area contributed by atoms with Crippen molar-refractivity contribution in [2.45, 2.75) is 87.6 Å². The Bertz CT molecular complexity index is 1220. The van der Waals surface area contributed by atoms with E-state index in [1.54, 1.807) is 11.8 Å². The summed E-state index contributed by atoms with van der Waals surface area (Å²) in [7, 11) is 0. The third-order valence-corrected chi connectivity index (χ3v) is 8.03. The van der Waals surface area contributed by atoms with E-state index in [2.05, 4.69) is 27.3 Å². The SMILES string of the molecule is CC(C)C[C@H](NC(=O)Cc1ccc2c(c1)Nc1ccccc1S2)C(=O)N[C@@H](CC(C)C)C(=O)N[C@H]1CCOC1O. The lowest BCUT2D eigenvalue weighted by Gasteiger charge is -2.26. The van der Waals surface area contributed by atoms with Crippen molar-refractivity contribution < 1.29 is 24.2 Å². The van der Waals surface area contributed by atoms with E-state index in [0.29, 0.717) is 25.9 Å². The van der Waals surface area contributed by atoms with Gasteiger partial charge in [0.05, 0.1) is 30.4 Å². The van der Waals surface area contributed by atoms with Gasteiger partial charge < -0.3 is 31.1 Å². The van der Waals surface area contributed by atoms with E-state index in [9.17, 15) is 19.5 Å². The fourth-order valence-corrected chi connectivity index (χ4v) is 5.87. The molecule has 40 heavy (non-hydrogen) atoms. The maximum absolute atomic E-state index is 13.4. The molecule has 1 fully saturated rings. The van der Waals surface area contributed by atoms with Gasteiger partial charge in [0.1, 0.15) is 12.1 Å². The smallest absolute Gasteiger partial charge is 0.243 e. The zero-order valence-corrected chi connectivity index (χ0v) is 24.3. The average Bonchev–Trinajstić information content (AvgIpc) is 3.29. The standard InChI is InChI=1S/C30H40N4O5S/c1-17(2)13-23(28(36)34-24(14-18(3)4)29(37)33-21-11-12-39-30(21)38)32-27(35)16-19-9-10-26-22(15-19)31-20-7-5-6-8-25(20)40-26/h5-10,15,17-18,21,23-24,30-31,38H,11-14,16H2,1-4H3,(H,32,35)(H,33,37)(H,34,36)/t21-,23-,24-,30?/m0/s1. The summed E-state index contributed by atoms with van der Waals surface area (Å²) in [4.78, 5) is 41.8. The normalized spacial score (nSPS) is 19.3. The average molecular weight is 569 g/mol. The van der Waals surface area contributed by atoms with Gasteiger partial charge in [0, 0.05) is 9.79 Å². The summed E-state index contributed by atoms with van der Waals surface area (Å²) in [5.74, 6) is -0.745. The van der Waals surface area contributed by atoms with E-state index < -0.39 is 30.3 Å². The van der Waals surface area contributed by atoms with Crippen LogP contribution in [0.5, 0.6) is 0 Å². The Morgan fingerprint density at radius 3 is 2.30 bits per heavy atom.